The first-order valence-corrected chi connectivity index (χ1v) is 12.0. The summed E-state index contributed by atoms with van der Waals surface area (Å²) in [5, 5.41) is 7.12. The standard InChI is InChI=1S/C20H39N5O2S/c1-4-21-18(22-15-19(2,3)24-6-10-26-11-7-24)23-16-20(5-14-28-17-20)25-8-12-27-13-9-25/h4-17H2,1-3H3,(H2,21,22,23). The Kier molecular flexibility index (Phi) is 8.29. The van der Waals surface area contributed by atoms with E-state index in [4.69, 9.17) is 14.5 Å². The maximum atomic E-state index is 5.58. The molecule has 3 rings (SSSR count). The van der Waals surface area contributed by atoms with E-state index in [1.165, 1.54) is 17.9 Å². The first-order valence-electron chi connectivity index (χ1n) is 10.8. The fourth-order valence-corrected chi connectivity index (χ4v) is 5.74. The smallest absolute Gasteiger partial charge is 0.191 e. The molecule has 0 aromatic heterocycles. The van der Waals surface area contributed by atoms with Crippen molar-refractivity contribution in [3.8, 4) is 0 Å². The minimum Gasteiger partial charge on any atom is -0.379 e. The largest absolute Gasteiger partial charge is 0.379 e. The van der Waals surface area contributed by atoms with Crippen LogP contribution < -0.4 is 10.6 Å². The second-order valence-corrected chi connectivity index (χ2v) is 9.69. The topological polar surface area (TPSA) is 61.4 Å². The molecule has 1 unspecified atom stereocenters. The molecule has 0 aliphatic carbocycles. The van der Waals surface area contributed by atoms with Gasteiger partial charge in [0.1, 0.15) is 0 Å². The van der Waals surface area contributed by atoms with E-state index in [0.717, 1.165) is 78.2 Å². The monoisotopic (exact) mass is 413 g/mol. The zero-order chi connectivity index (χ0) is 19.9. The molecule has 162 valence electrons. The Morgan fingerprint density at radius 2 is 1.75 bits per heavy atom. The second-order valence-electron chi connectivity index (χ2n) is 8.59. The van der Waals surface area contributed by atoms with E-state index in [-0.39, 0.29) is 11.1 Å². The summed E-state index contributed by atoms with van der Waals surface area (Å²) in [6.07, 6.45) is 1.24. The molecule has 0 bridgehead atoms. The van der Waals surface area contributed by atoms with Crippen LogP contribution >= 0.6 is 11.8 Å². The number of ether oxygens (including phenoxy) is 2. The molecule has 0 spiro atoms. The average Bonchev–Trinajstić information content (AvgIpc) is 3.22. The number of nitrogens with zero attached hydrogens (tertiary/aromatic N) is 3. The van der Waals surface area contributed by atoms with Gasteiger partial charge in [-0.2, -0.15) is 11.8 Å². The summed E-state index contributed by atoms with van der Waals surface area (Å²) in [7, 11) is 0. The number of guanidine groups is 1. The van der Waals surface area contributed by atoms with Gasteiger partial charge in [0.2, 0.25) is 0 Å². The lowest BCUT2D eigenvalue weighted by Crippen LogP contribution is -2.60. The Bertz CT molecular complexity index is 499. The van der Waals surface area contributed by atoms with Gasteiger partial charge in [-0.1, -0.05) is 0 Å². The van der Waals surface area contributed by atoms with E-state index in [1.807, 2.05) is 0 Å². The van der Waals surface area contributed by atoms with Gasteiger partial charge in [-0.25, -0.2) is 0 Å². The zero-order valence-corrected chi connectivity index (χ0v) is 18.8. The third-order valence-corrected chi connectivity index (χ3v) is 7.42. The zero-order valence-electron chi connectivity index (χ0n) is 18.0. The molecule has 0 saturated carbocycles. The summed E-state index contributed by atoms with van der Waals surface area (Å²) < 4.78 is 11.1. The maximum Gasteiger partial charge on any atom is 0.191 e. The summed E-state index contributed by atoms with van der Waals surface area (Å²) in [6, 6.07) is 0. The van der Waals surface area contributed by atoms with Gasteiger partial charge in [-0.15, -0.1) is 0 Å². The molecule has 28 heavy (non-hydrogen) atoms. The van der Waals surface area contributed by atoms with Gasteiger partial charge in [0.05, 0.1) is 33.0 Å². The third-order valence-electron chi connectivity index (χ3n) is 6.18. The number of hydrogen-bond donors (Lipinski definition) is 2. The minimum atomic E-state index is 0.0389. The molecule has 3 aliphatic heterocycles. The highest BCUT2D eigenvalue weighted by atomic mass is 32.2. The summed E-state index contributed by atoms with van der Waals surface area (Å²) in [4.78, 5) is 10.1. The van der Waals surface area contributed by atoms with Crippen LogP contribution in [-0.4, -0.2) is 111 Å². The van der Waals surface area contributed by atoms with Crippen LogP contribution in [0.2, 0.25) is 0 Å². The highest BCUT2D eigenvalue weighted by Crippen LogP contribution is 2.33. The Labute approximate surface area is 175 Å². The molecule has 7 nitrogen and oxygen atoms in total. The number of hydrogen-bond acceptors (Lipinski definition) is 6. The summed E-state index contributed by atoms with van der Waals surface area (Å²) in [6.45, 7) is 16.7. The van der Waals surface area contributed by atoms with E-state index >= 15 is 0 Å². The van der Waals surface area contributed by atoms with Crippen molar-refractivity contribution in [1.29, 1.82) is 0 Å². The summed E-state index contributed by atoms with van der Waals surface area (Å²) in [5.41, 5.74) is 0.265. The Balaban J connectivity index is 1.60. The van der Waals surface area contributed by atoms with Crippen LogP contribution in [0.5, 0.6) is 0 Å². The summed E-state index contributed by atoms with van der Waals surface area (Å²) in [5.74, 6) is 3.38. The van der Waals surface area contributed by atoms with Gasteiger partial charge in [0.15, 0.2) is 5.96 Å². The van der Waals surface area contributed by atoms with Crippen LogP contribution in [-0.2, 0) is 9.47 Å². The number of nitrogens with one attached hydrogen (secondary N) is 2. The molecule has 8 heteroatoms. The van der Waals surface area contributed by atoms with Gasteiger partial charge < -0.3 is 20.1 Å². The number of thioether (sulfide) groups is 1. The molecule has 2 N–H and O–H groups in total. The van der Waals surface area contributed by atoms with Gasteiger partial charge in [0.25, 0.3) is 0 Å². The second kappa shape index (κ2) is 10.5. The Hall–Kier alpha value is -0.540. The molecule has 0 amide bonds. The molecule has 3 fully saturated rings. The van der Waals surface area contributed by atoms with Crippen LogP contribution in [0.1, 0.15) is 27.2 Å². The molecule has 0 radical (unpaired) electrons. The van der Waals surface area contributed by atoms with Crippen LogP contribution in [0.3, 0.4) is 0 Å². The number of rotatable bonds is 7. The Morgan fingerprint density at radius 1 is 1.07 bits per heavy atom. The fraction of sp³-hybridized carbons (Fsp3) is 0.950. The van der Waals surface area contributed by atoms with E-state index in [1.54, 1.807) is 0 Å². The quantitative estimate of drug-likeness (QED) is 0.474. The average molecular weight is 414 g/mol. The van der Waals surface area contributed by atoms with Crippen LogP contribution in [0, 0.1) is 0 Å². The molecule has 1 atom stereocenters. The first-order chi connectivity index (χ1) is 13.6. The van der Waals surface area contributed by atoms with Crippen molar-refractivity contribution < 1.29 is 9.47 Å². The first kappa shape index (κ1) is 22.2. The van der Waals surface area contributed by atoms with Crippen molar-refractivity contribution in [2.75, 3.05) is 83.7 Å². The van der Waals surface area contributed by atoms with Gasteiger partial charge in [-0.05, 0) is 32.9 Å². The molecule has 0 aromatic rings. The molecule has 3 heterocycles. The van der Waals surface area contributed by atoms with Gasteiger partial charge in [-0.3, -0.25) is 14.8 Å². The van der Waals surface area contributed by atoms with E-state index in [2.05, 4.69) is 53.0 Å². The van der Waals surface area contributed by atoms with Gasteiger partial charge in [0, 0.05) is 56.1 Å². The predicted molar refractivity (Wildman–Crippen MR) is 118 cm³/mol. The van der Waals surface area contributed by atoms with Crippen LogP contribution in [0.15, 0.2) is 4.99 Å². The van der Waals surface area contributed by atoms with Crippen molar-refractivity contribution in [2.45, 2.75) is 38.3 Å². The predicted octanol–water partition coefficient (Wildman–Crippen LogP) is 0.860. The SMILES string of the molecule is CCNC(=NCC(C)(C)N1CCOCC1)NCC1(N2CCOCC2)CCSC1. The number of aliphatic imine (C=N–C) groups is 1. The van der Waals surface area contributed by atoms with Crippen molar-refractivity contribution >= 4 is 17.7 Å². The third kappa shape index (κ3) is 5.75. The van der Waals surface area contributed by atoms with Gasteiger partial charge >= 0.3 is 0 Å². The maximum absolute atomic E-state index is 5.58. The molecular formula is C20H39N5O2S. The fourth-order valence-electron chi connectivity index (χ4n) is 4.27. The molecule has 0 aromatic carbocycles. The lowest BCUT2D eigenvalue weighted by Gasteiger charge is -2.43. The van der Waals surface area contributed by atoms with E-state index < -0.39 is 0 Å². The highest BCUT2D eigenvalue weighted by molar-refractivity contribution is 7.99. The highest BCUT2D eigenvalue weighted by Gasteiger charge is 2.40. The van der Waals surface area contributed by atoms with E-state index in [0.29, 0.717) is 0 Å². The van der Waals surface area contributed by atoms with Crippen LogP contribution in [0.4, 0.5) is 0 Å². The lowest BCUT2D eigenvalue weighted by atomic mass is 9.95. The number of morpholine rings is 2. The van der Waals surface area contributed by atoms with Crippen molar-refractivity contribution in [3.63, 3.8) is 0 Å². The van der Waals surface area contributed by atoms with Crippen molar-refractivity contribution in [1.82, 2.24) is 20.4 Å². The Morgan fingerprint density at radius 3 is 2.36 bits per heavy atom. The summed E-state index contributed by atoms with van der Waals surface area (Å²) >= 11 is 2.07. The van der Waals surface area contributed by atoms with Crippen LogP contribution in [0.25, 0.3) is 0 Å². The molecule has 3 saturated heterocycles. The molecule has 3 aliphatic rings. The minimum absolute atomic E-state index is 0.0389. The molecular weight excluding hydrogens is 374 g/mol. The van der Waals surface area contributed by atoms with E-state index in [9.17, 15) is 0 Å². The normalized spacial score (nSPS) is 28.5. The van der Waals surface area contributed by atoms with Crippen molar-refractivity contribution in [3.05, 3.63) is 0 Å². The lowest BCUT2D eigenvalue weighted by molar-refractivity contribution is -0.0121. The van der Waals surface area contributed by atoms with Crippen molar-refractivity contribution in [2.24, 2.45) is 4.99 Å².